The highest BCUT2D eigenvalue weighted by molar-refractivity contribution is 7.71. The molecule has 1 aromatic heterocycles. The quantitative estimate of drug-likeness (QED) is 0.800. The second-order valence-corrected chi connectivity index (χ2v) is 4.32. The molecule has 0 aliphatic heterocycles. The van der Waals surface area contributed by atoms with Gasteiger partial charge in [0.15, 0.2) is 22.1 Å². The van der Waals surface area contributed by atoms with Gasteiger partial charge in [0.2, 0.25) is 0 Å². The standard InChI is InChI=1S/C13H17N3O3S/c1-3-18-10-6-5-9(7-11(10)19-4-2)16-12(8-17)14-15-13(16)20/h5-7,17H,3-4,8H2,1-2H3,(H,15,20). The maximum absolute atomic E-state index is 9.30. The fraction of sp³-hybridized carbons (Fsp3) is 0.385. The van der Waals surface area contributed by atoms with Crippen LogP contribution in [0.2, 0.25) is 0 Å². The number of ether oxygens (including phenoxy) is 2. The number of aliphatic hydroxyl groups excluding tert-OH is 1. The highest BCUT2D eigenvalue weighted by Crippen LogP contribution is 2.30. The predicted molar refractivity (Wildman–Crippen MR) is 77.0 cm³/mol. The Morgan fingerprint density at radius 1 is 1.25 bits per heavy atom. The van der Waals surface area contributed by atoms with Crippen LogP contribution in [0, 0.1) is 4.77 Å². The summed E-state index contributed by atoms with van der Waals surface area (Å²) in [5.41, 5.74) is 0.764. The van der Waals surface area contributed by atoms with Crippen molar-refractivity contribution in [2.24, 2.45) is 0 Å². The molecule has 6 nitrogen and oxygen atoms in total. The van der Waals surface area contributed by atoms with Gasteiger partial charge < -0.3 is 14.6 Å². The van der Waals surface area contributed by atoms with Crippen molar-refractivity contribution in [1.82, 2.24) is 14.8 Å². The summed E-state index contributed by atoms with van der Waals surface area (Å²) >= 11 is 5.17. The first-order valence-electron chi connectivity index (χ1n) is 6.38. The molecule has 0 bridgehead atoms. The van der Waals surface area contributed by atoms with Crippen molar-refractivity contribution in [3.05, 3.63) is 28.8 Å². The predicted octanol–water partition coefficient (Wildman–Crippen LogP) is 2.22. The van der Waals surface area contributed by atoms with E-state index in [-0.39, 0.29) is 6.61 Å². The van der Waals surface area contributed by atoms with Crippen molar-refractivity contribution in [1.29, 1.82) is 0 Å². The normalized spacial score (nSPS) is 10.6. The third-order valence-electron chi connectivity index (χ3n) is 2.67. The second-order valence-electron chi connectivity index (χ2n) is 3.94. The van der Waals surface area contributed by atoms with Crippen molar-refractivity contribution in [2.75, 3.05) is 13.2 Å². The summed E-state index contributed by atoms with van der Waals surface area (Å²) < 4.78 is 13.2. The lowest BCUT2D eigenvalue weighted by molar-refractivity contribution is 0.268. The molecule has 0 fully saturated rings. The van der Waals surface area contributed by atoms with Gasteiger partial charge in [0.1, 0.15) is 6.61 Å². The van der Waals surface area contributed by atoms with E-state index >= 15 is 0 Å². The largest absolute Gasteiger partial charge is 0.490 e. The molecule has 7 heteroatoms. The lowest BCUT2D eigenvalue weighted by Gasteiger charge is -2.13. The Labute approximate surface area is 122 Å². The summed E-state index contributed by atoms with van der Waals surface area (Å²) in [5, 5.41) is 15.9. The first-order valence-corrected chi connectivity index (χ1v) is 6.79. The molecule has 20 heavy (non-hydrogen) atoms. The molecule has 1 aromatic carbocycles. The van der Waals surface area contributed by atoms with E-state index in [0.29, 0.717) is 35.3 Å². The van der Waals surface area contributed by atoms with Crippen LogP contribution in [-0.4, -0.2) is 33.1 Å². The van der Waals surface area contributed by atoms with Crippen LogP contribution in [0.3, 0.4) is 0 Å². The van der Waals surface area contributed by atoms with E-state index in [9.17, 15) is 5.11 Å². The Morgan fingerprint density at radius 2 is 1.95 bits per heavy atom. The van der Waals surface area contributed by atoms with Crippen LogP contribution in [0.15, 0.2) is 18.2 Å². The molecule has 0 spiro atoms. The summed E-state index contributed by atoms with van der Waals surface area (Å²) in [5.74, 6) is 1.76. The topological polar surface area (TPSA) is 72.3 Å². The molecule has 108 valence electrons. The van der Waals surface area contributed by atoms with E-state index < -0.39 is 0 Å². The zero-order valence-electron chi connectivity index (χ0n) is 11.4. The Morgan fingerprint density at radius 3 is 2.60 bits per heavy atom. The number of rotatable bonds is 6. The van der Waals surface area contributed by atoms with Crippen molar-refractivity contribution in [3.63, 3.8) is 0 Å². The van der Waals surface area contributed by atoms with Gasteiger partial charge in [-0.05, 0) is 38.2 Å². The van der Waals surface area contributed by atoms with Crippen LogP contribution in [0.4, 0.5) is 0 Å². The van der Waals surface area contributed by atoms with Crippen LogP contribution in [-0.2, 0) is 6.61 Å². The fourth-order valence-electron chi connectivity index (χ4n) is 1.88. The minimum Gasteiger partial charge on any atom is -0.490 e. The molecule has 0 atom stereocenters. The van der Waals surface area contributed by atoms with E-state index in [2.05, 4.69) is 10.2 Å². The molecule has 0 aliphatic carbocycles. The molecule has 2 aromatic rings. The first-order chi connectivity index (χ1) is 9.71. The minimum atomic E-state index is -0.204. The minimum absolute atomic E-state index is 0.204. The monoisotopic (exact) mass is 295 g/mol. The maximum Gasteiger partial charge on any atom is 0.199 e. The summed E-state index contributed by atoms with van der Waals surface area (Å²) in [6.07, 6.45) is 0. The summed E-state index contributed by atoms with van der Waals surface area (Å²) in [6.45, 7) is 4.72. The first kappa shape index (κ1) is 14.5. The smallest absolute Gasteiger partial charge is 0.199 e. The zero-order valence-corrected chi connectivity index (χ0v) is 12.2. The average Bonchev–Trinajstić information content (AvgIpc) is 2.82. The van der Waals surface area contributed by atoms with Crippen LogP contribution in [0.5, 0.6) is 11.5 Å². The van der Waals surface area contributed by atoms with Gasteiger partial charge in [-0.15, -0.1) is 0 Å². The zero-order chi connectivity index (χ0) is 14.5. The van der Waals surface area contributed by atoms with Crippen molar-refractivity contribution < 1.29 is 14.6 Å². The molecular formula is C13H17N3O3S. The maximum atomic E-state index is 9.30. The van der Waals surface area contributed by atoms with Crippen molar-refractivity contribution in [2.45, 2.75) is 20.5 Å². The Kier molecular flexibility index (Phi) is 4.75. The van der Waals surface area contributed by atoms with Gasteiger partial charge in [-0.25, -0.2) is 0 Å². The Balaban J connectivity index is 2.49. The lowest BCUT2D eigenvalue weighted by atomic mass is 10.2. The van der Waals surface area contributed by atoms with Crippen LogP contribution >= 0.6 is 12.2 Å². The molecule has 2 rings (SSSR count). The molecule has 0 radical (unpaired) electrons. The average molecular weight is 295 g/mol. The summed E-state index contributed by atoms with van der Waals surface area (Å²) in [7, 11) is 0. The van der Waals surface area contributed by atoms with E-state index in [0.717, 1.165) is 5.69 Å². The fourth-order valence-corrected chi connectivity index (χ4v) is 2.14. The van der Waals surface area contributed by atoms with E-state index in [4.69, 9.17) is 21.7 Å². The van der Waals surface area contributed by atoms with Gasteiger partial charge in [-0.2, -0.15) is 5.10 Å². The number of benzene rings is 1. The molecule has 1 heterocycles. The number of nitrogens with one attached hydrogen (secondary N) is 1. The molecule has 0 saturated carbocycles. The van der Waals surface area contributed by atoms with E-state index in [1.807, 2.05) is 32.0 Å². The number of aliphatic hydroxyl groups is 1. The van der Waals surface area contributed by atoms with Gasteiger partial charge in [-0.3, -0.25) is 9.67 Å². The van der Waals surface area contributed by atoms with Gasteiger partial charge in [-0.1, -0.05) is 0 Å². The van der Waals surface area contributed by atoms with E-state index in [1.54, 1.807) is 4.57 Å². The second kappa shape index (κ2) is 6.53. The van der Waals surface area contributed by atoms with Gasteiger partial charge in [0, 0.05) is 6.07 Å². The van der Waals surface area contributed by atoms with Crippen LogP contribution in [0.1, 0.15) is 19.7 Å². The molecule has 2 N–H and O–H groups in total. The molecule has 0 unspecified atom stereocenters. The highest BCUT2D eigenvalue weighted by atomic mass is 32.1. The highest BCUT2D eigenvalue weighted by Gasteiger charge is 2.11. The van der Waals surface area contributed by atoms with E-state index in [1.165, 1.54) is 0 Å². The number of aromatic amines is 1. The Hall–Kier alpha value is -1.86. The third-order valence-corrected chi connectivity index (χ3v) is 2.94. The van der Waals surface area contributed by atoms with Gasteiger partial charge in [0.05, 0.1) is 18.9 Å². The molecule has 0 aliphatic rings. The van der Waals surface area contributed by atoms with Crippen molar-refractivity contribution in [3.8, 4) is 17.2 Å². The summed E-state index contributed by atoms with van der Waals surface area (Å²) in [6, 6.07) is 5.48. The SMILES string of the molecule is CCOc1ccc(-n2c(CO)n[nH]c2=S)cc1OCC. The Bertz CT molecular complexity index is 636. The number of aromatic nitrogens is 3. The molecule has 0 amide bonds. The van der Waals surface area contributed by atoms with Crippen LogP contribution < -0.4 is 9.47 Å². The number of hydrogen-bond acceptors (Lipinski definition) is 5. The third kappa shape index (κ3) is 2.83. The van der Waals surface area contributed by atoms with Crippen molar-refractivity contribution >= 4 is 12.2 Å². The number of nitrogens with zero attached hydrogens (tertiary/aromatic N) is 2. The van der Waals surface area contributed by atoms with Crippen LogP contribution in [0.25, 0.3) is 5.69 Å². The van der Waals surface area contributed by atoms with Gasteiger partial charge in [0.25, 0.3) is 0 Å². The van der Waals surface area contributed by atoms with Gasteiger partial charge >= 0.3 is 0 Å². The molecular weight excluding hydrogens is 278 g/mol. The lowest BCUT2D eigenvalue weighted by Crippen LogP contribution is -2.04. The molecule has 0 saturated heterocycles. The summed E-state index contributed by atoms with van der Waals surface area (Å²) in [4.78, 5) is 0. The number of H-pyrrole nitrogens is 1. The number of hydrogen-bond donors (Lipinski definition) is 2.